The van der Waals surface area contributed by atoms with Gasteiger partial charge in [0.15, 0.2) is 0 Å². The quantitative estimate of drug-likeness (QED) is 0.741. The summed E-state index contributed by atoms with van der Waals surface area (Å²) in [6.07, 6.45) is 1.42. The smallest absolute Gasteiger partial charge is 0.132 e. The van der Waals surface area contributed by atoms with Crippen LogP contribution in [-0.4, -0.2) is 36.1 Å². The molecule has 0 saturated carbocycles. The summed E-state index contributed by atoms with van der Waals surface area (Å²) in [5.41, 5.74) is 0.452. The maximum absolute atomic E-state index is 12.4. The summed E-state index contributed by atoms with van der Waals surface area (Å²) in [5, 5.41) is 3.25. The Morgan fingerprint density at radius 3 is 2.86 bits per heavy atom. The largest absolute Gasteiger partial charge is 0.354 e. The molecule has 1 saturated heterocycles. The Morgan fingerprint density at radius 2 is 2.14 bits per heavy atom. The Labute approximate surface area is 82.2 Å². The normalized spacial score (nSPS) is 17.1. The highest BCUT2D eigenvalue weighted by molar-refractivity contribution is 5.39. The van der Waals surface area contributed by atoms with E-state index in [4.69, 9.17) is 0 Å². The Hall–Kier alpha value is -1.23. The molecule has 1 aromatic heterocycles. The summed E-state index contributed by atoms with van der Waals surface area (Å²) in [7, 11) is 0. The van der Waals surface area contributed by atoms with Crippen LogP contribution in [0.25, 0.3) is 0 Å². The molecule has 0 spiro atoms. The first-order valence-electron chi connectivity index (χ1n) is 4.72. The molecule has 0 aliphatic carbocycles. The van der Waals surface area contributed by atoms with Crippen molar-refractivity contribution in [2.24, 2.45) is 0 Å². The van der Waals surface area contributed by atoms with Crippen molar-refractivity contribution >= 4 is 5.82 Å². The maximum Gasteiger partial charge on any atom is 0.132 e. The van der Waals surface area contributed by atoms with E-state index in [0.717, 1.165) is 32.0 Å². The third kappa shape index (κ3) is 1.98. The fraction of sp³-hybridized carbons (Fsp3) is 0.556. The third-order valence-corrected chi connectivity index (χ3v) is 2.29. The topological polar surface area (TPSA) is 41.0 Å². The number of anilines is 1. The van der Waals surface area contributed by atoms with Gasteiger partial charge in [0.25, 0.3) is 0 Å². The van der Waals surface area contributed by atoms with E-state index >= 15 is 0 Å². The highest BCUT2D eigenvalue weighted by atomic mass is 19.1. The van der Waals surface area contributed by atoms with Gasteiger partial charge in [-0.3, -0.25) is 0 Å². The number of rotatable bonds is 2. The lowest BCUT2D eigenvalue weighted by atomic mass is 10.3. The van der Waals surface area contributed by atoms with Gasteiger partial charge in [-0.1, -0.05) is 0 Å². The van der Waals surface area contributed by atoms with Crippen LogP contribution in [0, 0.1) is 0 Å². The molecule has 14 heavy (non-hydrogen) atoms. The third-order valence-electron chi connectivity index (χ3n) is 2.29. The van der Waals surface area contributed by atoms with Crippen LogP contribution in [-0.2, 0) is 6.67 Å². The number of nitrogens with one attached hydrogen (secondary N) is 1. The molecule has 1 N–H and O–H groups in total. The number of alkyl halides is 1. The van der Waals surface area contributed by atoms with Crippen molar-refractivity contribution in [3.8, 4) is 0 Å². The summed E-state index contributed by atoms with van der Waals surface area (Å²) in [4.78, 5) is 10.1. The molecule has 1 fully saturated rings. The average Bonchev–Trinajstić information content (AvgIpc) is 2.30. The van der Waals surface area contributed by atoms with Gasteiger partial charge in [-0.2, -0.15) is 0 Å². The first-order valence-corrected chi connectivity index (χ1v) is 4.72. The SMILES string of the molecule is FCc1cc(N2CCNCC2)ncn1. The van der Waals surface area contributed by atoms with E-state index in [1.807, 2.05) is 0 Å². The molecule has 2 heterocycles. The summed E-state index contributed by atoms with van der Waals surface area (Å²) in [5.74, 6) is 0.828. The van der Waals surface area contributed by atoms with Crippen LogP contribution < -0.4 is 10.2 Å². The van der Waals surface area contributed by atoms with E-state index in [2.05, 4.69) is 20.2 Å². The van der Waals surface area contributed by atoms with Crippen LogP contribution in [0.3, 0.4) is 0 Å². The minimum atomic E-state index is -0.526. The van der Waals surface area contributed by atoms with Crippen molar-refractivity contribution in [3.05, 3.63) is 18.1 Å². The second kappa shape index (κ2) is 4.32. The summed E-state index contributed by atoms with van der Waals surface area (Å²) < 4.78 is 12.4. The molecule has 0 bridgehead atoms. The monoisotopic (exact) mass is 196 g/mol. The van der Waals surface area contributed by atoms with E-state index < -0.39 is 6.67 Å². The zero-order valence-electron chi connectivity index (χ0n) is 7.91. The highest BCUT2D eigenvalue weighted by Crippen LogP contribution is 2.11. The van der Waals surface area contributed by atoms with Crippen LogP contribution in [0.5, 0.6) is 0 Å². The molecule has 5 heteroatoms. The van der Waals surface area contributed by atoms with Crippen molar-refractivity contribution in [1.82, 2.24) is 15.3 Å². The van der Waals surface area contributed by atoms with E-state index in [0.29, 0.717) is 5.69 Å². The molecular weight excluding hydrogens is 183 g/mol. The molecule has 0 amide bonds. The standard InChI is InChI=1S/C9H13FN4/c10-6-8-5-9(13-7-12-8)14-3-1-11-2-4-14/h5,7,11H,1-4,6H2. The van der Waals surface area contributed by atoms with E-state index in [-0.39, 0.29) is 0 Å². The lowest BCUT2D eigenvalue weighted by Gasteiger charge is -2.28. The van der Waals surface area contributed by atoms with Crippen molar-refractivity contribution in [1.29, 1.82) is 0 Å². The Bertz CT molecular complexity index is 299. The molecule has 1 aromatic rings. The van der Waals surface area contributed by atoms with E-state index in [1.165, 1.54) is 6.33 Å². The predicted molar refractivity (Wildman–Crippen MR) is 51.9 cm³/mol. The summed E-state index contributed by atoms with van der Waals surface area (Å²) in [6.45, 7) is 3.22. The fourth-order valence-electron chi connectivity index (χ4n) is 1.53. The van der Waals surface area contributed by atoms with Crippen molar-refractivity contribution in [3.63, 3.8) is 0 Å². The molecule has 1 aliphatic rings. The van der Waals surface area contributed by atoms with E-state index in [1.54, 1.807) is 6.07 Å². The van der Waals surface area contributed by atoms with Crippen LogP contribution in [0.4, 0.5) is 10.2 Å². The summed E-state index contributed by atoms with van der Waals surface area (Å²) in [6, 6.07) is 1.71. The minimum absolute atomic E-state index is 0.452. The maximum atomic E-state index is 12.4. The van der Waals surface area contributed by atoms with Gasteiger partial charge >= 0.3 is 0 Å². The van der Waals surface area contributed by atoms with Gasteiger partial charge < -0.3 is 10.2 Å². The van der Waals surface area contributed by atoms with Gasteiger partial charge in [0.1, 0.15) is 18.8 Å². The molecule has 4 nitrogen and oxygen atoms in total. The molecule has 76 valence electrons. The Balaban J connectivity index is 2.13. The molecule has 0 aromatic carbocycles. The molecule has 0 radical (unpaired) electrons. The molecule has 0 atom stereocenters. The van der Waals surface area contributed by atoms with Crippen LogP contribution >= 0.6 is 0 Å². The highest BCUT2D eigenvalue weighted by Gasteiger charge is 2.11. The number of hydrogen-bond acceptors (Lipinski definition) is 4. The van der Waals surface area contributed by atoms with Gasteiger partial charge in [0, 0.05) is 32.2 Å². The number of aromatic nitrogens is 2. The van der Waals surface area contributed by atoms with Crippen molar-refractivity contribution in [2.45, 2.75) is 6.67 Å². The zero-order chi connectivity index (χ0) is 9.80. The van der Waals surface area contributed by atoms with Gasteiger partial charge in [-0.15, -0.1) is 0 Å². The van der Waals surface area contributed by atoms with Crippen LogP contribution in [0.15, 0.2) is 12.4 Å². The average molecular weight is 196 g/mol. The lowest BCUT2D eigenvalue weighted by molar-refractivity contribution is 0.475. The second-order valence-electron chi connectivity index (χ2n) is 3.24. The predicted octanol–water partition coefficient (Wildman–Crippen LogP) is 0.356. The second-order valence-corrected chi connectivity index (χ2v) is 3.24. The van der Waals surface area contributed by atoms with Gasteiger partial charge in [-0.05, 0) is 0 Å². The van der Waals surface area contributed by atoms with Gasteiger partial charge in [0.05, 0.1) is 5.69 Å². The first-order chi connectivity index (χ1) is 6.90. The van der Waals surface area contributed by atoms with Crippen molar-refractivity contribution < 1.29 is 4.39 Å². The van der Waals surface area contributed by atoms with Crippen LogP contribution in [0.2, 0.25) is 0 Å². The number of halogens is 1. The molecule has 2 rings (SSSR count). The molecule has 1 aliphatic heterocycles. The van der Waals surface area contributed by atoms with Crippen LogP contribution in [0.1, 0.15) is 5.69 Å². The van der Waals surface area contributed by atoms with Gasteiger partial charge in [-0.25, -0.2) is 14.4 Å². The zero-order valence-corrected chi connectivity index (χ0v) is 7.91. The molecular formula is C9H13FN4. The number of nitrogens with zero attached hydrogens (tertiary/aromatic N) is 3. The Morgan fingerprint density at radius 1 is 1.36 bits per heavy atom. The number of hydrogen-bond donors (Lipinski definition) is 1. The minimum Gasteiger partial charge on any atom is -0.354 e. The van der Waals surface area contributed by atoms with Crippen molar-refractivity contribution in [2.75, 3.05) is 31.1 Å². The van der Waals surface area contributed by atoms with Gasteiger partial charge in [0.2, 0.25) is 0 Å². The lowest BCUT2D eigenvalue weighted by Crippen LogP contribution is -2.43. The summed E-state index contributed by atoms with van der Waals surface area (Å²) >= 11 is 0. The fourth-order valence-corrected chi connectivity index (χ4v) is 1.53. The number of piperazine rings is 1. The first kappa shape index (κ1) is 9.33. The van der Waals surface area contributed by atoms with E-state index in [9.17, 15) is 4.39 Å². The Kier molecular flexibility index (Phi) is 2.88. The molecule has 0 unspecified atom stereocenters.